The van der Waals surface area contributed by atoms with Crippen molar-refractivity contribution in [1.82, 2.24) is 15.1 Å². The molecule has 1 atom stereocenters. The number of aromatic nitrogens is 2. The second-order valence-corrected chi connectivity index (χ2v) is 8.62. The van der Waals surface area contributed by atoms with Crippen LogP contribution in [-0.4, -0.2) is 39.8 Å². The van der Waals surface area contributed by atoms with Crippen molar-refractivity contribution in [1.29, 1.82) is 0 Å². The minimum Gasteiger partial charge on any atom is -0.342 e. The van der Waals surface area contributed by atoms with Crippen molar-refractivity contribution in [2.75, 3.05) is 24.2 Å². The van der Waals surface area contributed by atoms with Gasteiger partial charge in [-0.2, -0.15) is 0 Å². The molecule has 0 radical (unpaired) electrons. The predicted molar refractivity (Wildman–Crippen MR) is 105 cm³/mol. The maximum atomic E-state index is 12.3. The number of nitrogens with one attached hydrogen (secondary N) is 1. The van der Waals surface area contributed by atoms with Gasteiger partial charge in [0.15, 0.2) is 4.34 Å². The monoisotopic (exact) mass is 376 g/mol. The third-order valence-corrected chi connectivity index (χ3v) is 6.31. The van der Waals surface area contributed by atoms with Gasteiger partial charge in [-0.25, -0.2) is 0 Å². The topological polar surface area (TPSA) is 58.1 Å². The molecule has 0 bridgehead atoms. The fraction of sp³-hybridized carbons (Fsp3) is 0.500. The van der Waals surface area contributed by atoms with E-state index in [1.165, 1.54) is 35.1 Å². The van der Waals surface area contributed by atoms with Crippen molar-refractivity contribution >= 4 is 39.8 Å². The molecule has 0 aliphatic carbocycles. The molecular weight excluding hydrogens is 352 g/mol. The molecule has 3 rings (SSSR count). The zero-order valence-corrected chi connectivity index (χ0v) is 16.3. The van der Waals surface area contributed by atoms with Gasteiger partial charge < -0.3 is 10.2 Å². The Balaban J connectivity index is 1.50. The first-order valence-corrected chi connectivity index (χ1v) is 10.5. The standard InChI is InChI=1S/C18H24N4OS2/c1-3-14-6-8-15(9-7-14)19-17-20-21-18(25-17)24-12-16(23)22-10-4-5-13(2)11-22/h6-9,13H,3-5,10-12H2,1-2H3,(H,19,20)/t13-/m1/s1. The lowest BCUT2D eigenvalue weighted by atomic mass is 10.0. The molecule has 2 heterocycles. The fourth-order valence-corrected chi connectivity index (χ4v) is 4.57. The molecule has 1 aliphatic heterocycles. The number of hydrogen-bond donors (Lipinski definition) is 1. The van der Waals surface area contributed by atoms with E-state index in [-0.39, 0.29) is 5.91 Å². The summed E-state index contributed by atoms with van der Waals surface area (Å²) in [6.45, 7) is 6.13. The van der Waals surface area contributed by atoms with Gasteiger partial charge in [0, 0.05) is 18.8 Å². The molecule has 25 heavy (non-hydrogen) atoms. The van der Waals surface area contributed by atoms with Crippen LogP contribution in [0.2, 0.25) is 0 Å². The summed E-state index contributed by atoms with van der Waals surface area (Å²) in [7, 11) is 0. The van der Waals surface area contributed by atoms with Gasteiger partial charge in [0.25, 0.3) is 0 Å². The molecule has 1 fully saturated rings. The Bertz CT molecular complexity index is 701. The second kappa shape index (κ2) is 8.67. The number of likely N-dealkylation sites (tertiary alicyclic amines) is 1. The molecule has 0 spiro atoms. The Kier molecular flexibility index (Phi) is 6.31. The quantitative estimate of drug-likeness (QED) is 0.766. The molecule has 1 aromatic carbocycles. The van der Waals surface area contributed by atoms with Crippen molar-refractivity contribution in [2.24, 2.45) is 5.92 Å². The Labute approximate surface area is 157 Å². The van der Waals surface area contributed by atoms with E-state index in [4.69, 9.17) is 0 Å². The number of carbonyl (C=O) groups excluding carboxylic acids is 1. The number of nitrogens with zero attached hydrogens (tertiary/aromatic N) is 3. The summed E-state index contributed by atoms with van der Waals surface area (Å²) in [4.78, 5) is 14.3. The lowest BCUT2D eigenvalue weighted by molar-refractivity contribution is -0.130. The number of rotatable bonds is 6. The van der Waals surface area contributed by atoms with Crippen LogP contribution in [0, 0.1) is 5.92 Å². The average Bonchev–Trinajstić information content (AvgIpc) is 3.08. The van der Waals surface area contributed by atoms with E-state index in [0.717, 1.165) is 41.1 Å². The maximum absolute atomic E-state index is 12.3. The number of aryl methyl sites for hydroxylation is 1. The second-order valence-electron chi connectivity index (χ2n) is 6.42. The predicted octanol–water partition coefficient (Wildman–Crippen LogP) is 4.19. The zero-order chi connectivity index (χ0) is 17.6. The molecule has 1 aliphatic rings. The largest absolute Gasteiger partial charge is 0.342 e. The van der Waals surface area contributed by atoms with Crippen LogP contribution in [0.25, 0.3) is 0 Å². The summed E-state index contributed by atoms with van der Waals surface area (Å²) < 4.78 is 0.825. The van der Waals surface area contributed by atoms with Gasteiger partial charge in [-0.05, 0) is 42.9 Å². The van der Waals surface area contributed by atoms with Crippen molar-refractivity contribution in [3.05, 3.63) is 29.8 Å². The maximum Gasteiger partial charge on any atom is 0.233 e. The molecule has 0 saturated carbocycles. The summed E-state index contributed by atoms with van der Waals surface area (Å²) in [5.74, 6) is 1.25. The molecule has 2 aromatic rings. The molecule has 134 valence electrons. The van der Waals surface area contributed by atoms with E-state index in [1.54, 1.807) is 0 Å². The molecule has 1 aromatic heterocycles. The van der Waals surface area contributed by atoms with Gasteiger partial charge in [-0.3, -0.25) is 4.79 Å². The summed E-state index contributed by atoms with van der Waals surface area (Å²) >= 11 is 2.96. The average molecular weight is 377 g/mol. The molecule has 7 heteroatoms. The van der Waals surface area contributed by atoms with Crippen molar-refractivity contribution in [3.8, 4) is 0 Å². The molecule has 0 unspecified atom stereocenters. The van der Waals surface area contributed by atoms with Crippen LogP contribution < -0.4 is 5.32 Å². The first-order chi connectivity index (χ1) is 12.1. The number of thioether (sulfide) groups is 1. The third kappa shape index (κ3) is 5.19. The number of amides is 1. The van der Waals surface area contributed by atoms with Crippen LogP contribution in [0.1, 0.15) is 32.3 Å². The fourth-order valence-electron chi connectivity index (χ4n) is 2.90. The molecular formula is C18H24N4OS2. The lowest BCUT2D eigenvalue weighted by Gasteiger charge is -2.30. The van der Waals surface area contributed by atoms with Crippen LogP contribution in [-0.2, 0) is 11.2 Å². The van der Waals surface area contributed by atoms with Crippen molar-refractivity contribution < 1.29 is 4.79 Å². The van der Waals surface area contributed by atoms with Gasteiger partial charge in [0.05, 0.1) is 5.75 Å². The van der Waals surface area contributed by atoms with Crippen molar-refractivity contribution in [3.63, 3.8) is 0 Å². The van der Waals surface area contributed by atoms with Gasteiger partial charge in [0.1, 0.15) is 0 Å². The van der Waals surface area contributed by atoms with Crippen LogP contribution in [0.15, 0.2) is 28.6 Å². The number of hydrogen-bond acceptors (Lipinski definition) is 6. The minimum atomic E-state index is 0.205. The highest BCUT2D eigenvalue weighted by atomic mass is 32.2. The van der Waals surface area contributed by atoms with Crippen LogP contribution in [0.3, 0.4) is 0 Å². The normalized spacial score (nSPS) is 17.5. The summed E-state index contributed by atoms with van der Waals surface area (Å²) in [5.41, 5.74) is 2.31. The Hall–Kier alpha value is -1.60. The van der Waals surface area contributed by atoms with Crippen molar-refractivity contribution in [2.45, 2.75) is 37.4 Å². The number of carbonyl (C=O) groups is 1. The molecule has 1 N–H and O–H groups in total. The summed E-state index contributed by atoms with van der Waals surface area (Å²) in [6.07, 6.45) is 3.37. The molecule has 5 nitrogen and oxygen atoms in total. The van der Waals surface area contributed by atoms with E-state index < -0.39 is 0 Å². The number of benzene rings is 1. The highest BCUT2D eigenvalue weighted by Gasteiger charge is 2.21. The van der Waals surface area contributed by atoms with Gasteiger partial charge in [-0.1, -0.05) is 49.1 Å². The number of anilines is 2. The Morgan fingerprint density at radius 3 is 2.88 bits per heavy atom. The van der Waals surface area contributed by atoms with Crippen LogP contribution in [0.4, 0.5) is 10.8 Å². The Morgan fingerprint density at radius 1 is 1.36 bits per heavy atom. The summed E-state index contributed by atoms with van der Waals surface area (Å²) in [5, 5.41) is 12.4. The van der Waals surface area contributed by atoms with E-state index in [0.29, 0.717) is 11.7 Å². The first-order valence-electron chi connectivity index (χ1n) is 8.74. The summed E-state index contributed by atoms with van der Waals surface area (Å²) in [6, 6.07) is 8.32. The van der Waals surface area contributed by atoms with Crippen LogP contribution in [0.5, 0.6) is 0 Å². The first kappa shape index (κ1) is 18.2. The van der Waals surface area contributed by atoms with Crippen LogP contribution >= 0.6 is 23.1 Å². The SMILES string of the molecule is CCc1ccc(Nc2nnc(SCC(=O)N3CCC[C@@H](C)C3)s2)cc1. The third-order valence-electron chi connectivity index (χ3n) is 4.35. The smallest absolute Gasteiger partial charge is 0.233 e. The molecule has 1 amide bonds. The highest BCUT2D eigenvalue weighted by molar-refractivity contribution is 8.01. The van der Waals surface area contributed by atoms with E-state index in [2.05, 4.69) is 41.5 Å². The molecule has 1 saturated heterocycles. The number of piperidine rings is 1. The van der Waals surface area contributed by atoms with E-state index in [9.17, 15) is 4.79 Å². The zero-order valence-electron chi connectivity index (χ0n) is 14.7. The van der Waals surface area contributed by atoms with E-state index >= 15 is 0 Å². The highest BCUT2D eigenvalue weighted by Crippen LogP contribution is 2.28. The lowest BCUT2D eigenvalue weighted by Crippen LogP contribution is -2.40. The van der Waals surface area contributed by atoms with Gasteiger partial charge in [0.2, 0.25) is 11.0 Å². The van der Waals surface area contributed by atoms with Gasteiger partial charge >= 0.3 is 0 Å². The Morgan fingerprint density at radius 2 is 2.16 bits per heavy atom. The van der Waals surface area contributed by atoms with Gasteiger partial charge in [-0.15, -0.1) is 10.2 Å². The minimum absolute atomic E-state index is 0.205. The van der Waals surface area contributed by atoms with E-state index in [1.807, 2.05) is 17.0 Å².